The first kappa shape index (κ1) is 15.7. The molecule has 0 bridgehead atoms. The summed E-state index contributed by atoms with van der Waals surface area (Å²) in [4.78, 5) is 17.9. The summed E-state index contributed by atoms with van der Waals surface area (Å²) in [7, 11) is 0. The van der Waals surface area contributed by atoms with Gasteiger partial charge in [-0.3, -0.25) is 10.1 Å². The normalized spacial score (nSPS) is 10.6. The van der Waals surface area contributed by atoms with Crippen molar-refractivity contribution in [3.05, 3.63) is 82.4 Å². The number of hydrogen-bond donors (Lipinski definition) is 1. The molecule has 0 aliphatic heterocycles. The van der Waals surface area contributed by atoms with E-state index < -0.39 is 0 Å². The van der Waals surface area contributed by atoms with E-state index in [1.165, 1.54) is 22.7 Å². The first-order valence-electron chi connectivity index (χ1n) is 7.76. The first-order valence-corrected chi connectivity index (χ1v) is 9.52. The molecule has 0 fully saturated rings. The van der Waals surface area contributed by atoms with E-state index in [4.69, 9.17) is 0 Å². The van der Waals surface area contributed by atoms with Gasteiger partial charge in [0, 0.05) is 16.5 Å². The maximum absolute atomic E-state index is 12.7. The number of amides is 1. The summed E-state index contributed by atoms with van der Waals surface area (Å²) < 4.78 is 0. The Kier molecular flexibility index (Phi) is 4.41. The number of carbonyl (C=O) groups is 1. The van der Waals surface area contributed by atoms with Gasteiger partial charge >= 0.3 is 0 Å². The van der Waals surface area contributed by atoms with Gasteiger partial charge in [-0.25, -0.2) is 4.98 Å². The van der Waals surface area contributed by atoms with E-state index in [0.717, 1.165) is 22.4 Å². The molecule has 0 spiro atoms. The number of nitrogens with one attached hydrogen (secondary N) is 1. The number of anilines is 1. The van der Waals surface area contributed by atoms with E-state index in [1.807, 2.05) is 77.5 Å². The summed E-state index contributed by atoms with van der Waals surface area (Å²) in [5, 5.41) is 7.43. The van der Waals surface area contributed by atoms with Gasteiger partial charge in [-0.15, -0.1) is 22.7 Å². The number of hydrogen-bond acceptors (Lipinski definition) is 4. The smallest absolute Gasteiger partial charge is 0.268 e. The van der Waals surface area contributed by atoms with Gasteiger partial charge in [-0.1, -0.05) is 60.7 Å². The second kappa shape index (κ2) is 7.01. The number of carbonyl (C=O) groups excluding carboxylic acids is 1. The van der Waals surface area contributed by atoms with Crippen LogP contribution < -0.4 is 5.32 Å². The molecule has 1 N–H and O–H groups in total. The molecule has 1 amide bonds. The molecule has 0 aliphatic rings. The van der Waals surface area contributed by atoms with Crippen LogP contribution >= 0.6 is 22.7 Å². The van der Waals surface area contributed by atoms with Gasteiger partial charge in [-0.2, -0.15) is 0 Å². The monoisotopic (exact) mass is 362 g/mol. The van der Waals surface area contributed by atoms with E-state index in [9.17, 15) is 4.79 Å². The zero-order valence-electron chi connectivity index (χ0n) is 13.2. The minimum absolute atomic E-state index is 0.122. The predicted octanol–water partition coefficient (Wildman–Crippen LogP) is 5.79. The van der Waals surface area contributed by atoms with Crippen LogP contribution in [0.15, 0.2) is 77.5 Å². The van der Waals surface area contributed by atoms with Crippen LogP contribution in [0.2, 0.25) is 0 Å². The van der Waals surface area contributed by atoms with Crippen LogP contribution in [0.4, 0.5) is 5.13 Å². The lowest BCUT2D eigenvalue weighted by atomic mass is 10.1. The Bertz CT molecular complexity index is 991. The second-order valence-corrected chi connectivity index (χ2v) is 7.16. The molecule has 0 aliphatic carbocycles. The summed E-state index contributed by atoms with van der Waals surface area (Å²) >= 11 is 2.87. The molecule has 25 heavy (non-hydrogen) atoms. The predicted molar refractivity (Wildman–Crippen MR) is 105 cm³/mol. The Morgan fingerprint density at radius 1 is 0.840 bits per heavy atom. The maximum Gasteiger partial charge on any atom is 0.268 e. The third-order valence-corrected chi connectivity index (χ3v) is 5.42. The molecule has 2 aromatic carbocycles. The third kappa shape index (κ3) is 3.38. The first-order chi connectivity index (χ1) is 12.3. The SMILES string of the molecule is O=C(Nc1nc(-c2ccccc2)cs1)c1sccc1-c1ccccc1. The Morgan fingerprint density at radius 2 is 1.52 bits per heavy atom. The van der Waals surface area contributed by atoms with Gasteiger partial charge in [0.25, 0.3) is 5.91 Å². The third-order valence-electron chi connectivity index (χ3n) is 3.75. The van der Waals surface area contributed by atoms with Crippen molar-refractivity contribution in [2.45, 2.75) is 0 Å². The Labute approximate surface area is 153 Å². The zero-order chi connectivity index (χ0) is 17.1. The number of thiophene rings is 1. The molecule has 4 aromatic rings. The molecular formula is C20H14N2OS2. The van der Waals surface area contributed by atoms with Crippen LogP contribution in [0, 0.1) is 0 Å². The van der Waals surface area contributed by atoms with Crippen molar-refractivity contribution >= 4 is 33.7 Å². The number of nitrogens with zero attached hydrogens (tertiary/aromatic N) is 1. The largest absolute Gasteiger partial charge is 0.297 e. The van der Waals surface area contributed by atoms with Gasteiger partial charge in [0.15, 0.2) is 5.13 Å². The van der Waals surface area contributed by atoms with Crippen molar-refractivity contribution in [2.75, 3.05) is 5.32 Å². The molecule has 0 unspecified atom stereocenters. The molecule has 4 rings (SSSR count). The Hall–Kier alpha value is -2.76. The molecule has 2 heterocycles. The molecule has 0 saturated carbocycles. The van der Waals surface area contributed by atoms with E-state index in [2.05, 4.69) is 10.3 Å². The van der Waals surface area contributed by atoms with Gasteiger partial charge in [0.1, 0.15) is 4.88 Å². The van der Waals surface area contributed by atoms with E-state index in [-0.39, 0.29) is 5.91 Å². The van der Waals surface area contributed by atoms with Crippen molar-refractivity contribution in [1.29, 1.82) is 0 Å². The molecule has 122 valence electrons. The number of thiazole rings is 1. The fraction of sp³-hybridized carbons (Fsp3) is 0. The lowest BCUT2D eigenvalue weighted by Gasteiger charge is -2.04. The molecule has 5 heteroatoms. The highest BCUT2D eigenvalue weighted by atomic mass is 32.1. The highest BCUT2D eigenvalue weighted by Crippen LogP contribution is 2.30. The zero-order valence-corrected chi connectivity index (χ0v) is 14.8. The Morgan fingerprint density at radius 3 is 2.24 bits per heavy atom. The van der Waals surface area contributed by atoms with E-state index in [1.54, 1.807) is 0 Å². The van der Waals surface area contributed by atoms with Crippen molar-refractivity contribution in [3.63, 3.8) is 0 Å². The van der Waals surface area contributed by atoms with E-state index in [0.29, 0.717) is 10.0 Å². The van der Waals surface area contributed by atoms with Crippen LogP contribution in [0.1, 0.15) is 9.67 Å². The van der Waals surface area contributed by atoms with Crippen LogP contribution in [0.5, 0.6) is 0 Å². The average Bonchev–Trinajstić information content (AvgIpc) is 3.33. The summed E-state index contributed by atoms with van der Waals surface area (Å²) in [5.41, 5.74) is 3.90. The molecule has 0 saturated heterocycles. The molecular weight excluding hydrogens is 348 g/mol. The number of rotatable bonds is 4. The minimum Gasteiger partial charge on any atom is -0.297 e. The van der Waals surface area contributed by atoms with Crippen molar-refractivity contribution in [3.8, 4) is 22.4 Å². The van der Waals surface area contributed by atoms with E-state index >= 15 is 0 Å². The topological polar surface area (TPSA) is 42.0 Å². The van der Waals surface area contributed by atoms with Gasteiger partial charge in [0.05, 0.1) is 5.69 Å². The molecule has 3 nitrogen and oxygen atoms in total. The average molecular weight is 362 g/mol. The van der Waals surface area contributed by atoms with Crippen LogP contribution in [-0.4, -0.2) is 10.9 Å². The van der Waals surface area contributed by atoms with Crippen molar-refractivity contribution in [1.82, 2.24) is 4.98 Å². The van der Waals surface area contributed by atoms with Crippen molar-refractivity contribution < 1.29 is 4.79 Å². The van der Waals surface area contributed by atoms with Crippen molar-refractivity contribution in [2.24, 2.45) is 0 Å². The highest BCUT2D eigenvalue weighted by Gasteiger charge is 2.16. The number of aromatic nitrogens is 1. The summed E-state index contributed by atoms with van der Waals surface area (Å²) in [6.07, 6.45) is 0. The summed E-state index contributed by atoms with van der Waals surface area (Å²) in [6.45, 7) is 0. The summed E-state index contributed by atoms with van der Waals surface area (Å²) in [6, 6.07) is 21.9. The minimum atomic E-state index is -0.122. The molecule has 2 aromatic heterocycles. The number of benzene rings is 2. The quantitative estimate of drug-likeness (QED) is 0.499. The fourth-order valence-electron chi connectivity index (χ4n) is 2.56. The molecule has 0 atom stereocenters. The highest BCUT2D eigenvalue weighted by molar-refractivity contribution is 7.15. The lowest BCUT2D eigenvalue weighted by Crippen LogP contribution is -2.11. The van der Waals surface area contributed by atoms with Crippen LogP contribution in [-0.2, 0) is 0 Å². The van der Waals surface area contributed by atoms with Gasteiger partial charge < -0.3 is 0 Å². The van der Waals surface area contributed by atoms with Crippen LogP contribution in [0.25, 0.3) is 22.4 Å². The maximum atomic E-state index is 12.7. The summed E-state index contributed by atoms with van der Waals surface area (Å²) in [5.74, 6) is -0.122. The Balaban J connectivity index is 1.56. The fourth-order valence-corrected chi connectivity index (χ4v) is 4.08. The standard InChI is InChI=1S/C20H14N2OS2/c23-19(18-16(11-12-24-18)14-7-3-1-4-8-14)22-20-21-17(13-25-20)15-9-5-2-6-10-15/h1-13H,(H,21,22,23). The second-order valence-electron chi connectivity index (χ2n) is 5.39. The van der Waals surface area contributed by atoms with Gasteiger partial charge in [0.2, 0.25) is 0 Å². The van der Waals surface area contributed by atoms with Crippen LogP contribution in [0.3, 0.4) is 0 Å². The van der Waals surface area contributed by atoms with Gasteiger partial charge in [-0.05, 0) is 17.0 Å². The lowest BCUT2D eigenvalue weighted by molar-refractivity contribution is 0.103. The molecule has 0 radical (unpaired) electrons.